The van der Waals surface area contributed by atoms with Gasteiger partial charge in [-0.1, -0.05) is 26.0 Å². The van der Waals surface area contributed by atoms with Crippen LogP contribution in [-0.2, 0) is 0 Å². The Morgan fingerprint density at radius 1 is 1.21 bits per heavy atom. The van der Waals surface area contributed by atoms with Crippen LogP contribution in [0.1, 0.15) is 25.3 Å². The van der Waals surface area contributed by atoms with Gasteiger partial charge in [0, 0.05) is 12.2 Å². The third-order valence-corrected chi connectivity index (χ3v) is 2.58. The van der Waals surface area contributed by atoms with E-state index in [1.54, 1.807) is 0 Å². The van der Waals surface area contributed by atoms with Gasteiger partial charge in [0.05, 0.1) is 12.9 Å². The molecule has 0 saturated carbocycles. The average Bonchev–Trinajstić information content (AvgIpc) is 2.71. The first-order valence-corrected chi connectivity index (χ1v) is 5.14. The van der Waals surface area contributed by atoms with Crippen molar-refractivity contribution in [1.29, 1.82) is 0 Å². The van der Waals surface area contributed by atoms with Gasteiger partial charge in [-0.05, 0) is 23.6 Å². The van der Waals surface area contributed by atoms with Crippen LogP contribution in [0.25, 0.3) is 0 Å². The van der Waals surface area contributed by atoms with Gasteiger partial charge in [-0.2, -0.15) is 0 Å². The van der Waals surface area contributed by atoms with Crippen LogP contribution in [0.4, 0.5) is 5.69 Å². The molecule has 0 fully saturated rings. The highest BCUT2D eigenvalue weighted by molar-refractivity contribution is 5.80. The Hall–Kier alpha value is -1.31. The Morgan fingerprint density at radius 2 is 1.93 bits per heavy atom. The number of hydrogen-bond donors (Lipinski definition) is 0. The molecule has 1 aromatic carbocycles. The van der Waals surface area contributed by atoms with E-state index in [0.29, 0.717) is 5.92 Å². The minimum Gasteiger partial charge on any atom is -0.331 e. The molecular formula is C12H16N2. The molecule has 1 aliphatic heterocycles. The van der Waals surface area contributed by atoms with Gasteiger partial charge < -0.3 is 4.90 Å². The highest BCUT2D eigenvalue weighted by Crippen LogP contribution is 2.20. The van der Waals surface area contributed by atoms with Crippen LogP contribution in [0.5, 0.6) is 0 Å². The lowest BCUT2D eigenvalue weighted by Crippen LogP contribution is -2.17. The van der Waals surface area contributed by atoms with Gasteiger partial charge in [-0.15, -0.1) is 0 Å². The van der Waals surface area contributed by atoms with Crippen LogP contribution in [-0.4, -0.2) is 19.4 Å². The van der Waals surface area contributed by atoms with Crippen LogP contribution in [0.2, 0.25) is 0 Å². The highest BCUT2D eigenvalue weighted by atomic mass is 15.2. The topological polar surface area (TPSA) is 15.6 Å². The molecule has 0 atom stereocenters. The molecule has 74 valence electrons. The molecule has 14 heavy (non-hydrogen) atoms. The van der Waals surface area contributed by atoms with E-state index in [2.05, 4.69) is 48.0 Å². The number of aliphatic imine (C=N–C) groups is 1. The first kappa shape index (κ1) is 9.25. The van der Waals surface area contributed by atoms with Crippen molar-refractivity contribution in [2.75, 3.05) is 18.0 Å². The molecule has 0 aliphatic carbocycles. The predicted molar refractivity (Wildman–Crippen MR) is 61.2 cm³/mol. The molecule has 1 aliphatic rings. The second-order valence-electron chi connectivity index (χ2n) is 3.96. The highest BCUT2D eigenvalue weighted by Gasteiger charge is 2.07. The van der Waals surface area contributed by atoms with Crippen LogP contribution >= 0.6 is 0 Å². The molecule has 0 unspecified atom stereocenters. The Balaban J connectivity index is 2.17. The Bertz CT molecular complexity index is 325. The predicted octanol–water partition coefficient (Wildman–Crippen LogP) is 2.66. The standard InChI is InChI=1S/C12H16N2/c1-10(2)11-3-5-12(6-4-11)14-8-7-13-9-14/h3-6,9-10H,7-8H2,1-2H3. The second-order valence-corrected chi connectivity index (χ2v) is 3.96. The summed E-state index contributed by atoms with van der Waals surface area (Å²) in [4.78, 5) is 6.38. The van der Waals surface area contributed by atoms with E-state index in [1.807, 2.05) is 6.34 Å². The normalized spacial score (nSPS) is 15.5. The van der Waals surface area contributed by atoms with Gasteiger partial charge in [0.15, 0.2) is 0 Å². The number of hydrogen-bond acceptors (Lipinski definition) is 2. The van der Waals surface area contributed by atoms with Gasteiger partial charge in [0.2, 0.25) is 0 Å². The number of rotatable bonds is 2. The quantitative estimate of drug-likeness (QED) is 0.696. The van der Waals surface area contributed by atoms with E-state index >= 15 is 0 Å². The lowest BCUT2D eigenvalue weighted by molar-refractivity contribution is 0.866. The monoisotopic (exact) mass is 188 g/mol. The van der Waals surface area contributed by atoms with Crippen molar-refractivity contribution >= 4 is 12.0 Å². The summed E-state index contributed by atoms with van der Waals surface area (Å²) in [5.74, 6) is 0.608. The summed E-state index contributed by atoms with van der Waals surface area (Å²) in [5.41, 5.74) is 2.64. The molecule has 0 amide bonds. The third kappa shape index (κ3) is 1.79. The molecule has 0 radical (unpaired) electrons. The van der Waals surface area contributed by atoms with Gasteiger partial charge in [0.1, 0.15) is 0 Å². The Kier molecular flexibility index (Phi) is 2.53. The first-order chi connectivity index (χ1) is 6.77. The average molecular weight is 188 g/mol. The molecule has 2 heteroatoms. The molecule has 2 nitrogen and oxygen atoms in total. The minimum absolute atomic E-state index is 0.608. The van der Waals surface area contributed by atoms with Crippen LogP contribution < -0.4 is 4.90 Å². The zero-order chi connectivity index (χ0) is 9.97. The van der Waals surface area contributed by atoms with Gasteiger partial charge in [0.25, 0.3) is 0 Å². The maximum Gasteiger partial charge on any atom is 0.0895 e. The van der Waals surface area contributed by atoms with Crippen molar-refractivity contribution in [3.05, 3.63) is 29.8 Å². The summed E-state index contributed by atoms with van der Waals surface area (Å²) in [7, 11) is 0. The van der Waals surface area contributed by atoms with Crippen molar-refractivity contribution in [3.63, 3.8) is 0 Å². The van der Waals surface area contributed by atoms with Crippen molar-refractivity contribution < 1.29 is 0 Å². The SMILES string of the molecule is CC(C)c1ccc(N2C=NCC2)cc1. The van der Waals surface area contributed by atoms with E-state index in [9.17, 15) is 0 Å². The van der Waals surface area contributed by atoms with Crippen LogP contribution in [0.15, 0.2) is 29.3 Å². The Morgan fingerprint density at radius 3 is 2.43 bits per heavy atom. The van der Waals surface area contributed by atoms with Crippen molar-refractivity contribution in [3.8, 4) is 0 Å². The first-order valence-electron chi connectivity index (χ1n) is 5.14. The number of anilines is 1. The third-order valence-electron chi connectivity index (χ3n) is 2.58. The van der Waals surface area contributed by atoms with E-state index in [0.717, 1.165) is 13.1 Å². The fourth-order valence-corrected chi connectivity index (χ4v) is 1.63. The van der Waals surface area contributed by atoms with Crippen molar-refractivity contribution in [2.24, 2.45) is 4.99 Å². The largest absolute Gasteiger partial charge is 0.331 e. The summed E-state index contributed by atoms with van der Waals surface area (Å²) in [6.07, 6.45) is 1.92. The fourth-order valence-electron chi connectivity index (χ4n) is 1.63. The minimum atomic E-state index is 0.608. The van der Waals surface area contributed by atoms with Gasteiger partial charge in [-0.25, -0.2) is 0 Å². The molecule has 0 spiro atoms. The molecule has 0 aromatic heterocycles. The molecule has 0 bridgehead atoms. The number of benzene rings is 1. The van der Waals surface area contributed by atoms with Gasteiger partial charge >= 0.3 is 0 Å². The van der Waals surface area contributed by atoms with Crippen LogP contribution in [0.3, 0.4) is 0 Å². The van der Waals surface area contributed by atoms with Crippen molar-refractivity contribution in [2.45, 2.75) is 19.8 Å². The van der Waals surface area contributed by atoms with E-state index in [4.69, 9.17) is 0 Å². The maximum atomic E-state index is 4.20. The maximum absolute atomic E-state index is 4.20. The number of nitrogens with zero attached hydrogens (tertiary/aromatic N) is 2. The molecule has 1 aromatic rings. The summed E-state index contributed by atoms with van der Waals surface area (Å²) in [6.45, 7) is 6.37. The Labute approximate surface area is 85.3 Å². The van der Waals surface area contributed by atoms with Gasteiger partial charge in [-0.3, -0.25) is 4.99 Å². The zero-order valence-corrected chi connectivity index (χ0v) is 8.77. The van der Waals surface area contributed by atoms with E-state index in [1.165, 1.54) is 11.3 Å². The lowest BCUT2D eigenvalue weighted by atomic mass is 10.0. The summed E-state index contributed by atoms with van der Waals surface area (Å²) in [6, 6.07) is 8.75. The summed E-state index contributed by atoms with van der Waals surface area (Å²) >= 11 is 0. The fraction of sp³-hybridized carbons (Fsp3) is 0.417. The molecule has 2 rings (SSSR count). The summed E-state index contributed by atoms with van der Waals surface area (Å²) in [5, 5.41) is 0. The van der Waals surface area contributed by atoms with Crippen LogP contribution in [0, 0.1) is 0 Å². The van der Waals surface area contributed by atoms with E-state index < -0.39 is 0 Å². The summed E-state index contributed by atoms with van der Waals surface area (Å²) < 4.78 is 0. The van der Waals surface area contributed by atoms with E-state index in [-0.39, 0.29) is 0 Å². The van der Waals surface area contributed by atoms with Crippen molar-refractivity contribution in [1.82, 2.24) is 0 Å². The second kappa shape index (κ2) is 3.82. The molecule has 0 N–H and O–H groups in total. The molecule has 1 heterocycles. The molecule has 0 saturated heterocycles. The smallest absolute Gasteiger partial charge is 0.0895 e. The molecular weight excluding hydrogens is 172 g/mol. The zero-order valence-electron chi connectivity index (χ0n) is 8.77. The lowest BCUT2D eigenvalue weighted by Gasteiger charge is -2.14.